The molecule has 1 aliphatic heterocycles. The van der Waals surface area contributed by atoms with E-state index in [0.717, 1.165) is 22.5 Å². The van der Waals surface area contributed by atoms with Crippen LogP contribution in [0.1, 0.15) is 28.9 Å². The van der Waals surface area contributed by atoms with Gasteiger partial charge in [0.05, 0.1) is 23.7 Å². The number of aromatic nitrogens is 2. The number of hydrogen-bond donors (Lipinski definition) is 1. The minimum atomic E-state index is -3.03. The number of aryl methyl sites for hydroxylation is 1. The lowest BCUT2D eigenvalue weighted by Crippen LogP contribution is -2.34. The lowest BCUT2D eigenvalue weighted by molar-refractivity contribution is -0.116. The van der Waals surface area contributed by atoms with Gasteiger partial charge < -0.3 is 5.32 Å². The van der Waals surface area contributed by atoms with E-state index in [1.165, 1.54) is 6.08 Å². The van der Waals surface area contributed by atoms with Gasteiger partial charge in [0.15, 0.2) is 9.84 Å². The number of nitrogens with one attached hydrogen (secondary N) is 1. The maximum absolute atomic E-state index is 12.1. The van der Waals surface area contributed by atoms with E-state index >= 15 is 0 Å². The van der Waals surface area contributed by atoms with E-state index in [9.17, 15) is 13.2 Å². The van der Waals surface area contributed by atoms with Gasteiger partial charge in [0.1, 0.15) is 0 Å². The molecule has 1 saturated heterocycles. The molecule has 0 bridgehead atoms. The Bertz CT molecular complexity index is 1020. The molecule has 0 radical (unpaired) electrons. The molecular formula is C19H21Cl2N3O3S. The fourth-order valence-electron chi connectivity index (χ4n) is 3.26. The lowest BCUT2D eigenvalue weighted by Gasteiger charge is -2.09. The molecule has 1 unspecified atom stereocenters. The van der Waals surface area contributed by atoms with E-state index < -0.39 is 9.84 Å². The van der Waals surface area contributed by atoms with Crippen LogP contribution < -0.4 is 5.32 Å². The first-order chi connectivity index (χ1) is 13.2. The summed E-state index contributed by atoms with van der Waals surface area (Å²) in [5.41, 5.74) is 3.26. The smallest absolute Gasteiger partial charge is 0.244 e. The molecule has 9 heteroatoms. The van der Waals surface area contributed by atoms with Gasteiger partial charge in [0.2, 0.25) is 5.91 Å². The summed E-state index contributed by atoms with van der Waals surface area (Å²) in [5.74, 6) is -0.193. The van der Waals surface area contributed by atoms with Crippen LogP contribution in [0.2, 0.25) is 10.0 Å². The van der Waals surface area contributed by atoms with Gasteiger partial charge >= 0.3 is 0 Å². The highest BCUT2D eigenvalue weighted by Gasteiger charge is 2.28. The van der Waals surface area contributed by atoms with Crippen LogP contribution in [0.25, 0.3) is 6.08 Å². The number of hydrogen-bond acceptors (Lipinski definition) is 4. The van der Waals surface area contributed by atoms with Crippen LogP contribution in [0, 0.1) is 13.8 Å². The normalized spacial score (nSPS) is 18.6. The first kappa shape index (κ1) is 20.9. The van der Waals surface area contributed by atoms with E-state index in [4.69, 9.17) is 23.2 Å². The molecule has 2 aromatic rings. The maximum Gasteiger partial charge on any atom is 0.244 e. The standard InChI is InChI=1S/C19H21Cl2N3O3S/c1-12-15(6-7-19(25)22-14-8-9-28(26,27)11-14)13(2)24(23-12)10-16-17(20)4-3-5-18(16)21/h3-7,14H,8-11H2,1-2H3,(H,22,25)/b7-6+. The first-order valence-corrected chi connectivity index (χ1v) is 11.4. The summed E-state index contributed by atoms with van der Waals surface area (Å²) >= 11 is 12.5. The topological polar surface area (TPSA) is 81.1 Å². The number of halogens is 2. The molecule has 28 heavy (non-hydrogen) atoms. The molecule has 0 saturated carbocycles. The van der Waals surface area contributed by atoms with Crippen LogP contribution in [0.3, 0.4) is 0 Å². The van der Waals surface area contributed by atoms with E-state index in [2.05, 4.69) is 10.4 Å². The van der Waals surface area contributed by atoms with Crippen LogP contribution in [0.4, 0.5) is 0 Å². The highest BCUT2D eigenvalue weighted by molar-refractivity contribution is 7.91. The molecular weight excluding hydrogens is 421 g/mol. The van der Waals surface area contributed by atoms with Crippen LogP contribution in [0.5, 0.6) is 0 Å². The number of nitrogens with zero attached hydrogens (tertiary/aromatic N) is 2. The van der Waals surface area contributed by atoms with Crippen molar-refractivity contribution in [1.82, 2.24) is 15.1 Å². The van der Waals surface area contributed by atoms with Gasteiger partial charge in [-0.1, -0.05) is 29.3 Å². The summed E-state index contributed by atoms with van der Waals surface area (Å²) < 4.78 is 24.8. The second kappa shape index (κ2) is 8.27. The molecule has 1 aromatic carbocycles. The molecule has 1 amide bonds. The van der Waals surface area contributed by atoms with Gasteiger partial charge in [-0.2, -0.15) is 5.10 Å². The van der Waals surface area contributed by atoms with Crippen molar-refractivity contribution in [3.8, 4) is 0 Å². The Labute approximate surface area is 174 Å². The van der Waals surface area contributed by atoms with E-state index in [-0.39, 0.29) is 23.5 Å². The quantitative estimate of drug-likeness (QED) is 0.722. The van der Waals surface area contributed by atoms with Crippen LogP contribution in [-0.4, -0.2) is 41.7 Å². The van der Waals surface area contributed by atoms with Crippen molar-refractivity contribution >= 4 is 45.0 Å². The van der Waals surface area contributed by atoms with E-state index in [1.807, 2.05) is 13.8 Å². The van der Waals surface area contributed by atoms with Crippen molar-refractivity contribution in [2.45, 2.75) is 32.9 Å². The lowest BCUT2D eigenvalue weighted by atomic mass is 10.1. The van der Waals surface area contributed by atoms with Crippen molar-refractivity contribution < 1.29 is 13.2 Å². The SMILES string of the molecule is Cc1nn(Cc2c(Cl)cccc2Cl)c(C)c1/C=C/C(=O)NC1CCS(=O)(=O)C1. The zero-order chi connectivity index (χ0) is 20.5. The van der Waals surface area contributed by atoms with Crippen LogP contribution in [-0.2, 0) is 21.2 Å². The Hall–Kier alpha value is -1.83. The van der Waals surface area contributed by atoms with Crippen molar-refractivity contribution in [3.05, 3.63) is 56.8 Å². The van der Waals surface area contributed by atoms with Crippen LogP contribution in [0.15, 0.2) is 24.3 Å². The molecule has 1 aliphatic rings. The number of sulfone groups is 1. The monoisotopic (exact) mass is 441 g/mol. The van der Waals surface area contributed by atoms with Crippen molar-refractivity contribution in [3.63, 3.8) is 0 Å². The summed E-state index contributed by atoms with van der Waals surface area (Å²) in [5, 5.41) is 8.41. The molecule has 0 spiro atoms. The second-order valence-corrected chi connectivity index (χ2v) is 9.93. The highest BCUT2D eigenvalue weighted by atomic mass is 35.5. The largest absolute Gasteiger partial charge is 0.349 e. The molecule has 1 fully saturated rings. The maximum atomic E-state index is 12.1. The fraction of sp³-hybridized carbons (Fsp3) is 0.368. The predicted octanol–water partition coefficient (Wildman–Crippen LogP) is 3.17. The average Bonchev–Trinajstić information content (AvgIpc) is 3.08. The minimum Gasteiger partial charge on any atom is -0.349 e. The van der Waals surface area contributed by atoms with Gasteiger partial charge in [0, 0.05) is 39.0 Å². The molecule has 1 aromatic heterocycles. The third-order valence-electron chi connectivity index (χ3n) is 4.79. The number of rotatable bonds is 5. The van der Waals surface area contributed by atoms with Gasteiger partial charge in [-0.3, -0.25) is 9.48 Å². The molecule has 1 atom stereocenters. The number of benzene rings is 1. The summed E-state index contributed by atoms with van der Waals surface area (Å²) in [4.78, 5) is 12.1. The molecule has 150 valence electrons. The summed E-state index contributed by atoms with van der Waals surface area (Å²) in [6, 6.07) is 5.03. The van der Waals surface area contributed by atoms with Gasteiger partial charge in [0.25, 0.3) is 0 Å². The third kappa shape index (κ3) is 4.77. The van der Waals surface area contributed by atoms with Crippen molar-refractivity contribution in [1.29, 1.82) is 0 Å². The molecule has 2 heterocycles. The summed E-state index contributed by atoms with van der Waals surface area (Å²) in [6.45, 7) is 4.19. The zero-order valence-electron chi connectivity index (χ0n) is 15.6. The van der Waals surface area contributed by atoms with Gasteiger partial charge in [-0.05, 0) is 38.5 Å². The zero-order valence-corrected chi connectivity index (χ0v) is 17.9. The van der Waals surface area contributed by atoms with Crippen LogP contribution >= 0.6 is 23.2 Å². The molecule has 1 N–H and O–H groups in total. The average molecular weight is 442 g/mol. The van der Waals surface area contributed by atoms with Crippen molar-refractivity contribution in [2.75, 3.05) is 11.5 Å². The fourth-order valence-corrected chi connectivity index (χ4v) is 5.45. The molecule has 0 aliphatic carbocycles. The first-order valence-electron chi connectivity index (χ1n) is 8.82. The van der Waals surface area contributed by atoms with Gasteiger partial charge in [-0.15, -0.1) is 0 Å². The Morgan fingerprint density at radius 1 is 1.32 bits per heavy atom. The molecule has 3 rings (SSSR count). The third-order valence-corrected chi connectivity index (χ3v) is 7.26. The van der Waals surface area contributed by atoms with E-state index in [1.54, 1.807) is 29.0 Å². The Kier molecular flexibility index (Phi) is 6.17. The predicted molar refractivity (Wildman–Crippen MR) is 112 cm³/mol. The number of carbonyl (C=O) groups excluding carboxylic acids is 1. The van der Waals surface area contributed by atoms with E-state index in [0.29, 0.717) is 23.0 Å². The number of amides is 1. The van der Waals surface area contributed by atoms with Crippen molar-refractivity contribution in [2.24, 2.45) is 0 Å². The molecule has 6 nitrogen and oxygen atoms in total. The Morgan fingerprint density at radius 3 is 2.61 bits per heavy atom. The Balaban J connectivity index is 1.73. The number of carbonyl (C=O) groups is 1. The van der Waals surface area contributed by atoms with Gasteiger partial charge in [-0.25, -0.2) is 8.42 Å². The second-order valence-electron chi connectivity index (χ2n) is 6.88. The Morgan fingerprint density at radius 2 is 2.00 bits per heavy atom. The summed E-state index contributed by atoms with van der Waals surface area (Å²) in [7, 11) is -3.03. The minimum absolute atomic E-state index is 0.00115. The highest BCUT2D eigenvalue weighted by Crippen LogP contribution is 2.26. The summed E-state index contributed by atoms with van der Waals surface area (Å²) in [6.07, 6.45) is 3.56.